The van der Waals surface area contributed by atoms with Crippen molar-refractivity contribution >= 4 is 32.4 Å². The minimum atomic E-state index is 0.824. The van der Waals surface area contributed by atoms with E-state index >= 15 is 0 Å². The number of aryl methyl sites for hydroxylation is 1. The lowest BCUT2D eigenvalue weighted by atomic mass is 10.1. The molecule has 0 atom stereocenters. The van der Waals surface area contributed by atoms with Crippen molar-refractivity contribution < 1.29 is 4.74 Å². The molecular formula is C13H15BrN2OS. The summed E-state index contributed by atoms with van der Waals surface area (Å²) in [7, 11) is 3.58. The normalized spacial score (nSPS) is 10.4. The lowest BCUT2D eigenvalue weighted by molar-refractivity contribution is 0.410. The van der Waals surface area contributed by atoms with Gasteiger partial charge in [0.25, 0.3) is 0 Å². The highest BCUT2D eigenvalue weighted by Gasteiger charge is 2.11. The Morgan fingerprint density at radius 1 is 1.44 bits per heavy atom. The standard InChI is InChI=1S/C13H15BrN2OS/c1-8-4-5-10(17-3)9(6-8)7-11-12(14)16-13(15-2)18-11/h4-6H,7H2,1-3H3,(H,15,16). The van der Waals surface area contributed by atoms with Gasteiger partial charge >= 0.3 is 0 Å². The fraction of sp³-hybridized carbons (Fsp3) is 0.308. The predicted octanol–water partition coefficient (Wildman–Crippen LogP) is 3.86. The highest BCUT2D eigenvalue weighted by atomic mass is 79.9. The van der Waals surface area contributed by atoms with Gasteiger partial charge in [0.1, 0.15) is 10.4 Å². The molecule has 18 heavy (non-hydrogen) atoms. The number of methoxy groups -OCH3 is 1. The fourth-order valence-electron chi connectivity index (χ4n) is 1.77. The molecule has 1 heterocycles. The van der Waals surface area contributed by atoms with Crippen LogP contribution in [0.25, 0.3) is 0 Å². The van der Waals surface area contributed by atoms with Crippen LogP contribution < -0.4 is 10.1 Å². The van der Waals surface area contributed by atoms with Gasteiger partial charge in [-0.15, -0.1) is 11.3 Å². The molecule has 0 aliphatic rings. The Hall–Kier alpha value is -1.07. The Morgan fingerprint density at radius 3 is 2.83 bits per heavy atom. The fourth-order valence-corrected chi connectivity index (χ4v) is 3.28. The first-order chi connectivity index (χ1) is 8.63. The van der Waals surface area contributed by atoms with Gasteiger partial charge in [-0.2, -0.15) is 0 Å². The summed E-state index contributed by atoms with van der Waals surface area (Å²) < 4.78 is 6.30. The summed E-state index contributed by atoms with van der Waals surface area (Å²) in [5.41, 5.74) is 2.42. The number of nitrogens with zero attached hydrogens (tertiary/aromatic N) is 1. The maximum atomic E-state index is 5.40. The number of halogens is 1. The monoisotopic (exact) mass is 326 g/mol. The number of hydrogen-bond donors (Lipinski definition) is 1. The number of anilines is 1. The van der Waals surface area contributed by atoms with Gasteiger partial charge in [0.15, 0.2) is 5.13 Å². The third-order valence-corrected chi connectivity index (χ3v) is 4.64. The molecule has 0 amide bonds. The molecule has 1 N–H and O–H groups in total. The van der Waals surface area contributed by atoms with E-state index in [1.54, 1.807) is 18.4 Å². The SMILES string of the molecule is CNc1nc(Br)c(Cc2cc(C)ccc2OC)s1. The average molecular weight is 327 g/mol. The molecule has 1 aromatic heterocycles. The minimum Gasteiger partial charge on any atom is -0.496 e. The second-order valence-corrected chi connectivity index (χ2v) is 5.81. The summed E-state index contributed by atoms with van der Waals surface area (Å²) in [6, 6.07) is 6.23. The number of rotatable bonds is 4. The van der Waals surface area contributed by atoms with E-state index in [0.29, 0.717) is 0 Å². The van der Waals surface area contributed by atoms with Crippen LogP contribution in [0, 0.1) is 6.92 Å². The first-order valence-electron chi connectivity index (χ1n) is 5.60. The molecule has 0 radical (unpaired) electrons. The van der Waals surface area contributed by atoms with E-state index in [4.69, 9.17) is 4.74 Å². The summed E-state index contributed by atoms with van der Waals surface area (Å²) in [5, 5.41) is 3.98. The minimum absolute atomic E-state index is 0.824. The number of nitrogens with one attached hydrogen (secondary N) is 1. The van der Waals surface area contributed by atoms with Crippen LogP contribution in [-0.2, 0) is 6.42 Å². The number of aromatic nitrogens is 1. The number of thiazole rings is 1. The zero-order chi connectivity index (χ0) is 13.1. The van der Waals surface area contributed by atoms with Crippen LogP contribution in [0.5, 0.6) is 5.75 Å². The summed E-state index contributed by atoms with van der Waals surface area (Å²) in [5.74, 6) is 0.923. The van der Waals surface area contributed by atoms with Crippen LogP contribution in [0.3, 0.4) is 0 Å². The van der Waals surface area contributed by atoms with Crippen LogP contribution in [-0.4, -0.2) is 19.1 Å². The van der Waals surface area contributed by atoms with Crippen LogP contribution in [0.4, 0.5) is 5.13 Å². The molecule has 0 aliphatic heterocycles. The van der Waals surface area contributed by atoms with Crippen molar-refractivity contribution in [2.75, 3.05) is 19.5 Å². The lowest BCUT2D eigenvalue weighted by Gasteiger charge is -2.08. The summed E-state index contributed by atoms with van der Waals surface area (Å²) >= 11 is 5.15. The largest absolute Gasteiger partial charge is 0.496 e. The third-order valence-electron chi connectivity index (χ3n) is 2.65. The second-order valence-electron chi connectivity index (χ2n) is 3.98. The molecule has 2 rings (SSSR count). The van der Waals surface area contributed by atoms with Crippen molar-refractivity contribution in [3.8, 4) is 5.75 Å². The lowest BCUT2D eigenvalue weighted by Crippen LogP contribution is -1.93. The third kappa shape index (κ3) is 2.84. The van der Waals surface area contributed by atoms with E-state index < -0.39 is 0 Å². The number of ether oxygens (including phenoxy) is 1. The molecule has 0 spiro atoms. The molecule has 5 heteroatoms. The van der Waals surface area contributed by atoms with E-state index in [1.807, 2.05) is 13.1 Å². The van der Waals surface area contributed by atoms with Gasteiger partial charge in [-0.3, -0.25) is 0 Å². The smallest absolute Gasteiger partial charge is 0.183 e. The van der Waals surface area contributed by atoms with Crippen LogP contribution in [0.2, 0.25) is 0 Å². The first-order valence-corrected chi connectivity index (χ1v) is 7.21. The summed E-state index contributed by atoms with van der Waals surface area (Å²) in [6.07, 6.45) is 0.824. The van der Waals surface area contributed by atoms with Gasteiger partial charge in [0.05, 0.1) is 7.11 Å². The molecule has 0 aliphatic carbocycles. The molecule has 0 fully saturated rings. The van der Waals surface area contributed by atoms with Gasteiger partial charge in [0.2, 0.25) is 0 Å². The van der Waals surface area contributed by atoms with E-state index in [0.717, 1.165) is 21.9 Å². The number of benzene rings is 1. The maximum absolute atomic E-state index is 5.40. The Bertz CT molecular complexity index is 554. The zero-order valence-corrected chi connectivity index (χ0v) is 13.0. The van der Waals surface area contributed by atoms with E-state index in [9.17, 15) is 0 Å². The van der Waals surface area contributed by atoms with Crippen molar-refractivity contribution in [3.63, 3.8) is 0 Å². The molecule has 0 unspecified atom stereocenters. The predicted molar refractivity (Wildman–Crippen MR) is 79.9 cm³/mol. The molecular weight excluding hydrogens is 312 g/mol. The Labute approximate surface area is 119 Å². The van der Waals surface area contributed by atoms with Crippen molar-refractivity contribution in [1.82, 2.24) is 4.98 Å². The molecule has 96 valence electrons. The first kappa shape index (κ1) is 13.4. The van der Waals surface area contributed by atoms with Crippen LogP contribution in [0.1, 0.15) is 16.0 Å². The van der Waals surface area contributed by atoms with Gasteiger partial charge in [-0.1, -0.05) is 17.7 Å². The molecule has 0 saturated carbocycles. The molecule has 3 nitrogen and oxygen atoms in total. The average Bonchev–Trinajstić information content (AvgIpc) is 2.71. The highest BCUT2D eigenvalue weighted by Crippen LogP contribution is 2.31. The Kier molecular flexibility index (Phi) is 4.24. The number of hydrogen-bond acceptors (Lipinski definition) is 4. The molecule has 0 bridgehead atoms. The van der Waals surface area contributed by atoms with E-state index in [-0.39, 0.29) is 0 Å². The van der Waals surface area contributed by atoms with E-state index in [1.165, 1.54) is 16.0 Å². The van der Waals surface area contributed by atoms with Crippen molar-refractivity contribution in [3.05, 3.63) is 38.8 Å². The Balaban J connectivity index is 2.32. The van der Waals surface area contributed by atoms with Gasteiger partial charge in [-0.05, 0) is 34.5 Å². The van der Waals surface area contributed by atoms with Crippen LogP contribution >= 0.6 is 27.3 Å². The molecule has 2 aromatic rings. The molecule has 0 saturated heterocycles. The van der Waals surface area contributed by atoms with Gasteiger partial charge < -0.3 is 10.1 Å². The maximum Gasteiger partial charge on any atom is 0.183 e. The zero-order valence-electron chi connectivity index (χ0n) is 10.6. The summed E-state index contributed by atoms with van der Waals surface area (Å²) in [4.78, 5) is 5.58. The topological polar surface area (TPSA) is 34.2 Å². The van der Waals surface area contributed by atoms with E-state index in [2.05, 4.69) is 45.3 Å². The summed E-state index contributed by atoms with van der Waals surface area (Å²) in [6.45, 7) is 2.09. The van der Waals surface area contributed by atoms with Gasteiger partial charge in [-0.25, -0.2) is 4.98 Å². The van der Waals surface area contributed by atoms with Crippen molar-refractivity contribution in [2.45, 2.75) is 13.3 Å². The second kappa shape index (κ2) is 5.71. The van der Waals surface area contributed by atoms with Gasteiger partial charge in [0, 0.05) is 18.3 Å². The quantitative estimate of drug-likeness (QED) is 0.926. The Morgan fingerprint density at radius 2 is 2.22 bits per heavy atom. The molecule has 1 aromatic carbocycles. The highest BCUT2D eigenvalue weighted by molar-refractivity contribution is 9.10. The van der Waals surface area contributed by atoms with Crippen molar-refractivity contribution in [2.24, 2.45) is 0 Å². The van der Waals surface area contributed by atoms with Crippen molar-refractivity contribution in [1.29, 1.82) is 0 Å². The van der Waals surface area contributed by atoms with Crippen LogP contribution in [0.15, 0.2) is 22.8 Å².